The van der Waals surface area contributed by atoms with Gasteiger partial charge >= 0.3 is 0 Å². The second-order valence-electron chi connectivity index (χ2n) is 2.80. The molecule has 0 radical (unpaired) electrons. The van der Waals surface area contributed by atoms with Gasteiger partial charge in [-0.15, -0.1) is 0 Å². The zero-order chi connectivity index (χ0) is 6.91. The summed E-state index contributed by atoms with van der Waals surface area (Å²) in [4.78, 5) is 1.89. The Bertz CT molecular complexity index is 109. The molecular weight excluding hydrogens is 121 g/mol. The quantitative estimate of drug-likeness (QED) is 0.545. The summed E-state index contributed by atoms with van der Waals surface area (Å²) in [5.74, 6) is 0. The first-order chi connectivity index (χ1) is 4.16. The molecule has 0 aromatic carbocycles. The highest BCUT2D eigenvalue weighted by Gasteiger charge is 2.35. The normalized spacial score (nSPS) is 37.7. The fourth-order valence-electron chi connectivity index (χ4n) is 1.16. The first kappa shape index (κ1) is 6.96. The van der Waals surface area contributed by atoms with Crippen LogP contribution in [0.4, 0.5) is 4.39 Å². The Balaban J connectivity index is 2.45. The summed E-state index contributed by atoms with van der Waals surface area (Å²) in [6.45, 7) is 0.803. The molecule has 1 heterocycles. The lowest BCUT2D eigenvalue weighted by Crippen LogP contribution is -2.30. The number of alkyl halides is 1. The number of halogens is 1. The maximum absolute atomic E-state index is 13.0. The van der Waals surface area contributed by atoms with E-state index in [1.807, 2.05) is 11.9 Å². The first-order valence-electron chi connectivity index (χ1n) is 3.15. The molecule has 1 saturated heterocycles. The molecule has 1 aliphatic rings. The van der Waals surface area contributed by atoms with E-state index < -0.39 is 5.67 Å². The van der Waals surface area contributed by atoms with Crippen LogP contribution in [0, 0.1) is 0 Å². The molecule has 9 heavy (non-hydrogen) atoms. The summed E-state index contributed by atoms with van der Waals surface area (Å²) >= 11 is 0. The average Bonchev–Trinajstić information content (AvgIpc) is 2.13. The topological polar surface area (TPSA) is 23.5 Å². The van der Waals surface area contributed by atoms with Gasteiger partial charge in [0.2, 0.25) is 0 Å². The van der Waals surface area contributed by atoms with E-state index in [4.69, 9.17) is 5.11 Å². The van der Waals surface area contributed by atoms with Crippen molar-refractivity contribution < 1.29 is 9.50 Å². The Kier molecular flexibility index (Phi) is 1.73. The number of likely N-dealkylation sites (tertiary alicyclic amines) is 1. The largest absolute Gasteiger partial charge is 0.393 e. The van der Waals surface area contributed by atoms with Crippen LogP contribution in [0.2, 0.25) is 0 Å². The average molecular weight is 133 g/mol. The second kappa shape index (κ2) is 2.23. The van der Waals surface area contributed by atoms with Gasteiger partial charge in [-0.3, -0.25) is 0 Å². The third-order valence-corrected chi connectivity index (χ3v) is 1.78. The lowest BCUT2D eigenvalue weighted by Gasteiger charge is -2.14. The molecule has 1 rings (SSSR count). The summed E-state index contributed by atoms with van der Waals surface area (Å²) in [6, 6.07) is 0. The summed E-state index contributed by atoms with van der Waals surface area (Å²) < 4.78 is 13.0. The zero-order valence-electron chi connectivity index (χ0n) is 5.60. The number of hydrogen-bond acceptors (Lipinski definition) is 2. The van der Waals surface area contributed by atoms with Crippen LogP contribution in [0.3, 0.4) is 0 Å². The standard InChI is InChI=1S/C6H12FNO/c1-8-3-2-6(7,4-8)5-9/h9H,2-5H2,1H3. The van der Waals surface area contributed by atoms with Crippen LogP contribution in [0.1, 0.15) is 6.42 Å². The van der Waals surface area contributed by atoms with Crippen molar-refractivity contribution in [2.75, 3.05) is 26.7 Å². The Morgan fingerprint density at radius 1 is 1.78 bits per heavy atom. The third kappa shape index (κ3) is 1.40. The minimum absolute atomic E-state index is 0.336. The molecule has 0 amide bonds. The van der Waals surface area contributed by atoms with Crippen molar-refractivity contribution in [1.29, 1.82) is 0 Å². The number of nitrogens with zero attached hydrogens (tertiary/aromatic N) is 1. The molecule has 1 aliphatic heterocycles. The molecule has 0 bridgehead atoms. The maximum Gasteiger partial charge on any atom is 0.147 e. The summed E-state index contributed by atoms with van der Waals surface area (Å²) in [5.41, 5.74) is -1.31. The SMILES string of the molecule is CN1CCC(F)(CO)C1. The van der Waals surface area contributed by atoms with Gasteiger partial charge in [-0.05, 0) is 13.5 Å². The molecular formula is C6H12FNO. The van der Waals surface area contributed by atoms with Crippen LogP contribution < -0.4 is 0 Å². The molecule has 0 spiro atoms. The van der Waals surface area contributed by atoms with E-state index in [0.29, 0.717) is 13.0 Å². The molecule has 0 aliphatic carbocycles. The minimum atomic E-state index is -1.31. The van der Waals surface area contributed by atoms with Crippen molar-refractivity contribution in [3.8, 4) is 0 Å². The van der Waals surface area contributed by atoms with E-state index in [2.05, 4.69) is 0 Å². The highest BCUT2D eigenvalue weighted by atomic mass is 19.1. The van der Waals surface area contributed by atoms with E-state index in [-0.39, 0.29) is 6.61 Å². The van der Waals surface area contributed by atoms with Crippen molar-refractivity contribution in [1.82, 2.24) is 4.90 Å². The predicted molar refractivity (Wildman–Crippen MR) is 33.0 cm³/mol. The van der Waals surface area contributed by atoms with Gasteiger partial charge in [0.15, 0.2) is 0 Å². The molecule has 0 saturated carbocycles. The van der Waals surface area contributed by atoms with Gasteiger partial charge in [-0.1, -0.05) is 0 Å². The van der Waals surface area contributed by atoms with Crippen molar-refractivity contribution in [2.24, 2.45) is 0 Å². The lowest BCUT2D eigenvalue weighted by molar-refractivity contribution is 0.0805. The van der Waals surface area contributed by atoms with E-state index in [0.717, 1.165) is 6.54 Å². The van der Waals surface area contributed by atoms with Crippen molar-refractivity contribution in [2.45, 2.75) is 12.1 Å². The third-order valence-electron chi connectivity index (χ3n) is 1.78. The lowest BCUT2D eigenvalue weighted by atomic mass is 10.1. The molecule has 1 fully saturated rings. The minimum Gasteiger partial charge on any atom is -0.393 e. The molecule has 0 aromatic heterocycles. The Morgan fingerprint density at radius 3 is 2.67 bits per heavy atom. The Labute approximate surface area is 54.3 Å². The fourth-order valence-corrected chi connectivity index (χ4v) is 1.16. The van der Waals surface area contributed by atoms with Crippen molar-refractivity contribution in [3.05, 3.63) is 0 Å². The van der Waals surface area contributed by atoms with Crippen LogP contribution in [0.15, 0.2) is 0 Å². The van der Waals surface area contributed by atoms with Crippen molar-refractivity contribution >= 4 is 0 Å². The van der Waals surface area contributed by atoms with E-state index in [1.165, 1.54) is 0 Å². The number of aliphatic hydroxyl groups is 1. The van der Waals surface area contributed by atoms with Crippen LogP contribution in [0.25, 0.3) is 0 Å². The fraction of sp³-hybridized carbons (Fsp3) is 1.00. The number of hydrogen-bond donors (Lipinski definition) is 1. The number of aliphatic hydroxyl groups excluding tert-OH is 1. The van der Waals surface area contributed by atoms with Gasteiger partial charge in [0, 0.05) is 13.1 Å². The first-order valence-corrected chi connectivity index (χ1v) is 3.15. The summed E-state index contributed by atoms with van der Waals surface area (Å²) in [6.07, 6.45) is 0.472. The second-order valence-corrected chi connectivity index (χ2v) is 2.80. The van der Waals surface area contributed by atoms with Gasteiger partial charge in [-0.25, -0.2) is 4.39 Å². The van der Waals surface area contributed by atoms with Crippen molar-refractivity contribution in [3.63, 3.8) is 0 Å². The van der Waals surface area contributed by atoms with Gasteiger partial charge in [0.05, 0.1) is 6.61 Å². The highest BCUT2D eigenvalue weighted by Crippen LogP contribution is 2.23. The van der Waals surface area contributed by atoms with E-state index in [9.17, 15) is 4.39 Å². The van der Waals surface area contributed by atoms with Crippen LogP contribution in [0.5, 0.6) is 0 Å². The number of rotatable bonds is 1. The van der Waals surface area contributed by atoms with Gasteiger partial charge < -0.3 is 10.0 Å². The van der Waals surface area contributed by atoms with Gasteiger partial charge in [0.25, 0.3) is 0 Å². The highest BCUT2D eigenvalue weighted by molar-refractivity contribution is 4.88. The summed E-state index contributed by atoms with van der Waals surface area (Å²) in [5, 5.41) is 8.54. The molecule has 1 N–H and O–H groups in total. The molecule has 1 atom stereocenters. The van der Waals surface area contributed by atoms with Crippen LogP contribution >= 0.6 is 0 Å². The Morgan fingerprint density at radius 2 is 2.44 bits per heavy atom. The van der Waals surface area contributed by atoms with Gasteiger partial charge in [-0.2, -0.15) is 0 Å². The van der Waals surface area contributed by atoms with Gasteiger partial charge in [0.1, 0.15) is 5.67 Å². The molecule has 0 aromatic rings. The molecule has 3 heteroatoms. The predicted octanol–water partition coefficient (Wildman–Crippen LogP) is 0.0225. The maximum atomic E-state index is 13.0. The zero-order valence-corrected chi connectivity index (χ0v) is 5.60. The monoisotopic (exact) mass is 133 g/mol. The van der Waals surface area contributed by atoms with Crippen LogP contribution in [-0.4, -0.2) is 42.4 Å². The van der Waals surface area contributed by atoms with Crippen LogP contribution in [-0.2, 0) is 0 Å². The molecule has 54 valence electrons. The summed E-state index contributed by atoms with van der Waals surface area (Å²) in [7, 11) is 1.86. The van der Waals surface area contributed by atoms with E-state index >= 15 is 0 Å². The molecule has 1 unspecified atom stereocenters. The van der Waals surface area contributed by atoms with E-state index in [1.54, 1.807) is 0 Å². The molecule has 2 nitrogen and oxygen atoms in total. The smallest absolute Gasteiger partial charge is 0.147 e. The Hall–Kier alpha value is -0.150.